The van der Waals surface area contributed by atoms with Crippen molar-refractivity contribution in [3.63, 3.8) is 0 Å². The lowest BCUT2D eigenvalue weighted by atomic mass is 9.62. The number of aromatic nitrogens is 1. The van der Waals surface area contributed by atoms with Crippen LogP contribution in [0.2, 0.25) is 0 Å². The summed E-state index contributed by atoms with van der Waals surface area (Å²) in [6, 6.07) is 2.00. The molecule has 1 amide bonds. The minimum Gasteiger partial charge on any atom is -0.481 e. The van der Waals surface area contributed by atoms with Crippen LogP contribution in [0.1, 0.15) is 50.5 Å². The second kappa shape index (κ2) is 6.58. The van der Waals surface area contributed by atoms with Gasteiger partial charge in [0.1, 0.15) is 11.5 Å². The number of nitrogens with one attached hydrogen (secondary N) is 1. The number of hydrogen-bond acceptors (Lipinski definition) is 5. The van der Waals surface area contributed by atoms with E-state index in [0.29, 0.717) is 11.5 Å². The molecule has 0 aromatic carbocycles. The minimum atomic E-state index is -0.816. The van der Waals surface area contributed by atoms with Crippen molar-refractivity contribution in [2.45, 2.75) is 58.5 Å². The zero-order valence-electron chi connectivity index (χ0n) is 17.2. The lowest BCUT2D eigenvalue weighted by molar-refractivity contribution is -0.152. The van der Waals surface area contributed by atoms with Gasteiger partial charge in [0.2, 0.25) is 5.91 Å². The summed E-state index contributed by atoms with van der Waals surface area (Å²) in [5.74, 6) is -1.23. The Kier molecular flexibility index (Phi) is 4.56. The smallest absolute Gasteiger partial charge is 0.307 e. The summed E-state index contributed by atoms with van der Waals surface area (Å²) in [6.45, 7) is 4.24. The van der Waals surface area contributed by atoms with Gasteiger partial charge in [0.25, 0.3) is 0 Å². The first-order valence-electron chi connectivity index (χ1n) is 10.4. The van der Waals surface area contributed by atoms with Crippen molar-refractivity contribution in [1.29, 1.82) is 0 Å². The molecule has 0 aliphatic heterocycles. The number of nitrogens with zero attached hydrogens (tertiary/aromatic N) is 2. The first-order chi connectivity index (χ1) is 13.3. The molecule has 1 heterocycles. The third kappa shape index (κ3) is 2.48. The average Bonchev–Trinajstić information content (AvgIpc) is 3.18. The highest BCUT2D eigenvalue weighted by atomic mass is 16.5. The van der Waals surface area contributed by atoms with Crippen molar-refractivity contribution in [1.82, 2.24) is 15.4 Å². The van der Waals surface area contributed by atoms with E-state index in [0.717, 1.165) is 32.1 Å². The van der Waals surface area contributed by atoms with Gasteiger partial charge in [0.05, 0.1) is 18.4 Å². The number of aryl methyl sites for hydroxylation is 1. The largest absolute Gasteiger partial charge is 0.481 e. The maximum atomic E-state index is 13.4. The van der Waals surface area contributed by atoms with Crippen LogP contribution in [0.25, 0.3) is 0 Å². The van der Waals surface area contributed by atoms with E-state index in [-0.39, 0.29) is 35.2 Å². The zero-order chi connectivity index (χ0) is 20.3. The molecule has 3 saturated carbocycles. The van der Waals surface area contributed by atoms with Gasteiger partial charge in [-0.05, 0) is 64.5 Å². The third-order valence-corrected chi connectivity index (χ3v) is 7.93. The molecule has 4 rings (SSSR count). The van der Waals surface area contributed by atoms with Crippen molar-refractivity contribution < 1.29 is 19.2 Å². The van der Waals surface area contributed by atoms with Gasteiger partial charge in [0, 0.05) is 17.5 Å². The van der Waals surface area contributed by atoms with Gasteiger partial charge in [0.15, 0.2) is 0 Å². The Morgan fingerprint density at radius 1 is 1.39 bits per heavy atom. The lowest BCUT2D eigenvalue weighted by Gasteiger charge is -2.48. The fourth-order valence-corrected chi connectivity index (χ4v) is 7.17. The van der Waals surface area contributed by atoms with Gasteiger partial charge in [-0.25, -0.2) is 0 Å². The van der Waals surface area contributed by atoms with Crippen molar-refractivity contribution in [2.75, 3.05) is 14.1 Å². The second-order valence-electron chi connectivity index (χ2n) is 9.22. The molecule has 0 radical (unpaired) electrons. The van der Waals surface area contributed by atoms with Crippen LogP contribution in [0, 0.1) is 35.5 Å². The fourth-order valence-electron chi connectivity index (χ4n) is 7.17. The first kappa shape index (κ1) is 19.4. The summed E-state index contributed by atoms with van der Waals surface area (Å²) >= 11 is 0. The number of rotatable bonds is 7. The lowest BCUT2D eigenvalue weighted by Crippen LogP contribution is -2.55. The monoisotopic (exact) mass is 389 g/mol. The Balaban J connectivity index is 1.69. The molecule has 2 N–H and O–H groups in total. The van der Waals surface area contributed by atoms with Crippen LogP contribution in [0.5, 0.6) is 0 Å². The molecule has 2 bridgehead atoms. The van der Waals surface area contributed by atoms with E-state index in [9.17, 15) is 14.7 Å². The first-order valence-corrected chi connectivity index (χ1v) is 10.4. The second-order valence-corrected chi connectivity index (χ2v) is 9.22. The van der Waals surface area contributed by atoms with Gasteiger partial charge in [-0.3, -0.25) is 9.59 Å². The van der Waals surface area contributed by atoms with Gasteiger partial charge in [-0.15, -0.1) is 0 Å². The summed E-state index contributed by atoms with van der Waals surface area (Å²) in [5.41, 5.74) is 0.423. The average molecular weight is 389 g/mol. The van der Waals surface area contributed by atoms with E-state index >= 15 is 0 Å². The molecule has 154 valence electrons. The normalized spacial score (nSPS) is 33.4. The highest BCUT2D eigenvalue weighted by Gasteiger charge is 2.80. The molecule has 1 aromatic heterocycles. The third-order valence-electron chi connectivity index (χ3n) is 7.93. The molecule has 1 aromatic rings. The van der Waals surface area contributed by atoms with Crippen LogP contribution in [-0.2, 0) is 16.1 Å². The molecule has 3 fully saturated rings. The Hall–Kier alpha value is -1.89. The molecular weight excluding hydrogens is 358 g/mol. The molecule has 3 aliphatic carbocycles. The topological polar surface area (TPSA) is 95.7 Å². The zero-order valence-corrected chi connectivity index (χ0v) is 17.2. The minimum absolute atomic E-state index is 0.0213. The van der Waals surface area contributed by atoms with Crippen LogP contribution < -0.4 is 5.32 Å². The highest BCUT2D eigenvalue weighted by molar-refractivity contribution is 5.87. The summed E-state index contributed by atoms with van der Waals surface area (Å²) in [7, 11) is 4.13. The Bertz CT molecular complexity index is 784. The molecule has 1 spiro atoms. The Morgan fingerprint density at radius 3 is 2.61 bits per heavy atom. The maximum absolute atomic E-state index is 13.4. The van der Waals surface area contributed by atoms with E-state index in [4.69, 9.17) is 4.52 Å². The van der Waals surface area contributed by atoms with E-state index in [2.05, 4.69) is 36.4 Å². The summed E-state index contributed by atoms with van der Waals surface area (Å²) < 4.78 is 5.08. The molecule has 7 heteroatoms. The van der Waals surface area contributed by atoms with E-state index in [1.54, 1.807) is 6.07 Å². The Labute approximate surface area is 165 Å². The van der Waals surface area contributed by atoms with Gasteiger partial charge in [-0.1, -0.05) is 12.1 Å². The highest BCUT2D eigenvalue weighted by Crippen LogP contribution is 2.82. The number of hydrogen-bond donors (Lipinski definition) is 2. The number of carboxylic acids is 1. The predicted molar refractivity (Wildman–Crippen MR) is 102 cm³/mol. The number of amides is 1. The van der Waals surface area contributed by atoms with Crippen LogP contribution >= 0.6 is 0 Å². The molecule has 0 saturated heterocycles. The SMILES string of the molecule is CCC(N(C)C)[C@@]12CC[C@H]([C@@H](C(=O)O)[C@H]1C(=O)NCc1cc(C)on1)C21CC1. The van der Waals surface area contributed by atoms with Crippen LogP contribution in [0.4, 0.5) is 0 Å². The summed E-state index contributed by atoms with van der Waals surface area (Å²) in [4.78, 5) is 28.0. The number of aliphatic carboxylic acids is 1. The quantitative estimate of drug-likeness (QED) is 0.744. The molecular formula is C21H31N3O4. The number of carbonyl (C=O) groups is 2. The van der Waals surface area contributed by atoms with Crippen LogP contribution in [-0.4, -0.2) is 47.2 Å². The molecule has 7 nitrogen and oxygen atoms in total. The molecule has 3 aliphatic rings. The fraction of sp³-hybridized carbons (Fsp3) is 0.762. The summed E-state index contributed by atoms with van der Waals surface area (Å²) in [5, 5.41) is 17.0. The van der Waals surface area contributed by atoms with E-state index in [1.165, 1.54) is 0 Å². The Morgan fingerprint density at radius 2 is 2.11 bits per heavy atom. The van der Waals surface area contributed by atoms with Crippen molar-refractivity contribution in [2.24, 2.45) is 28.6 Å². The maximum Gasteiger partial charge on any atom is 0.307 e. The van der Waals surface area contributed by atoms with Crippen molar-refractivity contribution >= 4 is 11.9 Å². The predicted octanol–water partition coefficient (Wildman–Crippen LogP) is 2.45. The van der Waals surface area contributed by atoms with E-state index in [1.807, 2.05) is 6.92 Å². The van der Waals surface area contributed by atoms with E-state index < -0.39 is 17.8 Å². The van der Waals surface area contributed by atoms with Gasteiger partial charge in [-0.2, -0.15) is 0 Å². The number of carboxylic acid groups (broad SMARTS) is 1. The van der Waals surface area contributed by atoms with Gasteiger partial charge < -0.3 is 19.8 Å². The summed E-state index contributed by atoms with van der Waals surface area (Å²) in [6.07, 6.45) is 4.89. The van der Waals surface area contributed by atoms with Crippen LogP contribution in [0.15, 0.2) is 10.6 Å². The molecule has 5 atom stereocenters. The van der Waals surface area contributed by atoms with Crippen molar-refractivity contribution in [3.05, 3.63) is 17.5 Å². The standard InChI is InChI=1S/C21H31N3O4/c1-5-15(24(3)4)21-7-6-14(20(21)8-9-20)16(19(26)27)17(21)18(25)22-11-13-10-12(2)28-23-13/h10,14-17H,5-9,11H2,1-4H3,(H,22,25)(H,26,27)/t14-,15?,16-,17+,21+/m1/s1. The van der Waals surface area contributed by atoms with Gasteiger partial charge >= 0.3 is 5.97 Å². The van der Waals surface area contributed by atoms with Crippen molar-refractivity contribution in [3.8, 4) is 0 Å². The van der Waals surface area contributed by atoms with Crippen LogP contribution in [0.3, 0.4) is 0 Å². The molecule has 28 heavy (non-hydrogen) atoms. The number of carbonyl (C=O) groups excluding carboxylic acids is 1. The molecule has 1 unspecified atom stereocenters.